The average molecular weight is 235 g/mol. The van der Waals surface area contributed by atoms with Crippen LogP contribution in [0.3, 0.4) is 0 Å². The van der Waals surface area contributed by atoms with Crippen LogP contribution in [0.4, 0.5) is 5.95 Å². The highest BCUT2D eigenvalue weighted by atomic mass is 15.2. The smallest absolute Gasteiger partial charge is 0.225 e. The zero-order valence-electron chi connectivity index (χ0n) is 11.8. The zero-order chi connectivity index (χ0) is 12.8. The molecule has 0 radical (unpaired) electrons. The van der Waals surface area contributed by atoms with Crippen molar-refractivity contribution in [1.29, 1.82) is 0 Å². The summed E-state index contributed by atoms with van der Waals surface area (Å²) in [5.74, 6) is 2.45. The van der Waals surface area contributed by atoms with Gasteiger partial charge >= 0.3 is 0 Å². The minimum absolute atomic E-state index is 0.739. The van der Waals surface area contributed by atoms with Crippen LogP contribution in [-0.4, -0.2) is 23.1 Å². The maximum Gasteiger partial charge on any atom is 0.225 e. The molecule has 1 saturated heterocycles. The number of rotatable bonds is 1. The van der Waals surface area contributed by atoms with Crippen LogP contribution in [0.25, 0.3) is 0 Å². The molecule has 1 aromatic rings. The Morgan fingerprint density at radius 1 is 1.12 bits per heavy atom. The molecule has 0 amide bonds. The molecule has 0 aromatic carbocycles. The molecule has 17 heavy (non-hydrogen) atoms. The van der Waals surface area contributed by atoms with Crippen molar-refractivity contribution in [2.24, 2.45) is 11.8 Å². The fourth-order valence-electron chi connectivity index (χ4n) is 1.99. The van der Waals surface area contributed by atoms with Gasteiger partial charge in [0.2, 0.25) is 5.95 Å². The van der Waals surface area contributed by atoms with Crippen molar-refractivity contribution in [3.05, 3.63) is 18.0 Å². The van der Waals surface area contributed by atoms with E-state index in [2.05, 4.69) is 28.7 Å². The minimum Gasteiger partial charge on any atom is -0.341 e. The Kier molecular flexibility index (Phi) is 5.39. The Hall–Kier alpha value is -1.12. The van der Waals surface area contributed by atoms with E-state index in [0.29, 0.717) is 0 Å². The van der Waals surface area contributed by atoms with Gasteiger partial charge in [-0.1, -0.05) is 27.7 Å². The Morgan fingerprint density at radius 2 is 1.71 bits per heavy atom. The Morgan fingerprint density at radius 3 is 2.24 bits per heavy atom. The van der Waals surface area contributed by atoms with Gasteiger partial charge in [-0.3, -0.25) is 0 Å². The SMILES string of the molecule is CC.Cc1cnc(N2CCC(C)C(C)C2)nc1. The highest BCUT2D eigenvalue weighted by Gasteiger charge is 2.23. The summed E-state index contributed by atoms with van der Waals surface area (Å²) in [5.41, 5.74) is 1.12. The lowest BCUT2D eigenvalue weighted by Gasteiger charge is -2.35. The molecule has 0 saturated carbocycles. The lowest BCUT2D eigenvalue weighted by Crippen LogP contribution is -2.39. The number of nitrogens with zero attached hydrogens (tertiary/aromatic N) is 3. The number of piperidine rings is 1. The summed E-state index contributed by atoms with van der Waals surface area (Å²) in [4.78, 5) is 11.0. The van der Waals surface area contributed by atoms with E-state index in [9.17, 15) is 0 Å². The van der Waals surface area contributed by atoms with E-state index < -0.39 is 0 Å². The molecule has 0 spiro atoms. The number of aryl methyl sites for hydroxylation is 1. The molecular weight excluding hydrogens is 210 g/mol. The predicted octanol–water partition coefficient (Wildman–Crippen LogP) is 3.29. The van der Waals surface area contributed by atoms with Gasteiger partial charge in [-0.15, -0.1) is 0 Å². The van der Waals surface area contributed by atoms with Crippen LogP contribution in [0.1, 0.15) is 39.7 Å². The fraction of sp³-hybridized carbons (Fsp3) is 0.714. The van der Waals surface area contributed by atoms with Crippen LogP contribution in [0, 0.1) is 18.8 Å². The van der Waals surface area contributed by atoms with Crippen molar-refractivity contribution < 1.29 is 0 Å². The molecule has 3 nitrogen and oxygen atoms in total. The summed E-state index contributed by atoms with van der Waals surface area (Å²) in [6.07, 6.45) is 5.04. The molecule has 1 aromatic heterocycles. The highest BCUT2D eigenvalue weighted by molar-refractivity contribution is 5.30. The maximum atomic E-state index is 4.38. The van der Waals surface area contributed by atoms with Gasteiger partial charge in [0.15, 0.2) is 0 Å². The van der Waals surface area contributed by atoms with E-state index in [1.165, 1.54) is 6.42 Å². The lowest BCUT2D eigenvalue weighted by atomic mass is 9.89. The van der Waals surface area contributed by atoms with Gasteiger partial charge in [-0.25, -0.2) is 9.97 Å². The molecule has 2 unspecified atom stereocenters. The first-order chi connectivity index (χ1) is 8.16. The first kappa shape index (κ1) is 13.9. The van der Waals surface area contributed by atoms with Crippen molar-refractivity contribution in [2.45, 2.75) is 41.0 Å². The molecule has 0 aliphatic carbocycles. The topological polar surface area (TPSA) is 29.0 Å². The Balaban J connectivity index is 0.000000686. The van der Waals surface area contributed by atoms with Gasteiger partial charge in [-0.05, 0) is 30.7 Å². The lowest BCUT2D eigenvalue weighted by molar-refractivity contribution is 0.321. The number of hydrogen-bond donors (Lipinski definition) is 0. The summed E-state index contributed by atoms with van der Waals surface area (Å²) in [6.45, 7) is 12.8. The molecule has 3 heteroatoms. The highest BCUT2D eigenvalue weighted by Crippen LogP contribution is 2.24. The number of anilines is 1. The third-order valence-corrected chi connectivity index (χ3v) is 3.38. The van der Waals surface area contributed by atoms with E-state index >= 15 is 0 Å². The molecule has 2 heterocycles. The summed E-state index contributed by atoms with van der Waals surface area (Å²) in [5, 5.41) is 0. The van der Waals surface area contributed by atoms with E-state index in [4.69, 9.17) is 0 Å². The van der Waals surface area contributed by atoms with Crippen LogP contribution in [0.2, 0.25) is 0 Å². The van der Waals surface area contributed by atoms with Gasteiger partial charge in [0.05, 0.1) is 0 Å². The van der Waals surface area contributed by atoms with Crippen LogP contribution < -0.4 is 4.90 Å². The first-order valence-corrected chi connectivity index (χ1v) is 6.70. The van der Waals surface area contributed by atoms with Crippen LogP contribution >= 0.6 is 0 Å². The van der Waals surface area contributed by atoms with Gasteiger partial charge in [-0.2, -0.15) is 0 Å². The molecular formula is C14H25N3. The van der Waals surface area contributed by atoms with E-state index in [-0.39, 0.29) is 0 Å². The van der Waals surface area contributed by atoms with E-state index in [1.54, 1.807) is 0 Å². The summed E-state index contributed by atoms with van der Waals surface area (Å²) < 4.78 is 0. The number of aromatic nitrogens is 2. The summed E-state index contributed by atoms with van der Waals surface area (Å²) >= 11 is 0. The second-order valence-electron chi connectivity index (χ2n) is 4.75. The average Bonchev–Trinajstić information content (AvgIpc) is 2.36. The molecule has 2 rings (SSSR count). The standard InChI is InChI=1S/C12H19N3.C2H6/c1-9-6-13-12(14-7-9)15-5-4-10(2)11(3)8-15;1-2/h6-7,10-11H,4-5,8H2,1-3H3;1-2H3. The third-order valence-electron chi connectivity index (χ3n) is 3.38. The maximum absolute atomic E-state index is 4.38. The quantitative estimate of drug-likeness (QED) is 0.748. The molecule has 2 atom stereocenters. The molecule has 0 bridgehead atoms. The predicted molar refractivity (Wildman–Crippen MR) is 73.3 cm³/mol. The Bertz CT molecular complexity index is 321. The fourth-order valence-corrected chi connectivity index (χ4v) is 1.99. The molecule has 1 fully saturated rings. The normalized spacial score (nSPS) is 23.9. The Labute approximate surface area is 105 Å². The van der Waals surface area contributed by atoms with Crippen molar-refractivity contribution in [1.82, 2.24) is 9.97 Å². The largest absolute Gasteiger partial charge is 0.341 e. The summed E-state index contributed by atoms with van der Waals surface area (Å²) in [7, 11) is 0. The van der Waals surface area contributed by atoms with Crippen molar-refractivity contribution in [3.63, 3.8) is 0 Å². The third kappa shape index (κ3) is 3.69. The van der Waals surface area contributed by atoms with Crippen LogP contribution in [0.5, 0.6) is 0 Å². The summed E-state index contributed by atoms with van der Waals surface area (Å²) in [6, 6.07) is 0. The second-order valence-corrected chi connectivity index (χ2v) is 4.75. The molecule has 1 aliphatic rings. The molecule has 96 valence electrons. The second kappa shape index (κ2) is 6.58. The monoisotopic (exact) mass is 235 g/mol. The van der Waals surface area contributed by atoms with Crippen molar-refractivity contribution >= 4 is 5.95 Å². The van der Waals surface area contributed by atoms with Crippen molar-refractivity contribution in [3.8, 4) is 0 Å². The number of hydrogen-bond acceptors (Lipinski definition) is 3. The van der Waals surface area contributed by atoms with Gasteiger partial charge in [0.1, 0.15) is 0 Å². The van der Waals surface area contributed by atoms with E-state index in [0.717, 1.165) is 36.4 Å². The van der Waals surface area contributed by atoms with E-state index in [1.807, 2.05) is 33.2 Å². The first-order valence-electron chi connectivity index (χ1n) is 6.70. The minimum atomic E-state index is 0.739. The van der Waals surface area contributed by atoms with Crippen LogP contribution in [0.15, 0.2) is 12.4 Å². The van der Waals surface area contributed by atoms with Crippen molar-refractivity contribution in [2.75, 3.05) is 18.0 Å². The van der Waals surface area contributed by atoms with Gasteiger partial charge in [0.25, 0.3) is 0 Å². The molecule has 1 aliphatic heterocycles. The zero-order valence-corrected chi connectivity index (χ0v) is 11.8. The van der Waals surface area contributed by atoms with Gasteiger partial charge in [0, 0.05) is 25.5 Å². The van der Waals surface area contributed by atoms with Crippen LogP contribution in [-0.2, 0) is 0 Å². The van der Waals surface area contributed by atoms with Gasteiger partial charge < -0.3 is 4.90 Å². The molecule has 0 N–H and O–H groups in total.